The monoisotopic (exact) mass is 200 g/mol. The Bertz CT molecular complexity index is 230. The number of rotatable bonds is 3. The van der Waals surface area contributed by atoms with Crippen molar-refractivity contribution < 1.29 is 14.3 Å². The van der Waals surface area contributed by atoms with Crippen molar-refractivity contribution in [1.29, 1.82) is 0 Å². The lowest BCUT2D eigenvalue weighted by molar-refractivity contribution is -0.117. The molecule has 1 fully saturated rings. The van der Waals surface area contributed by atoms with Crippen molar-refractivity contribution in [3.05, 3.63) is 0 Å². The minimum absolute atomic E-state index is 0.242. The number of methoxy groups -OCH3 is 1. The van der Waals surface area contributed by atoms with Crippen LogP contribution in [-0.2, 0) is 9.53 Å². The van der Waals surface area contributed by atoms with E-state index in [4.69, 9.17) is 0 Å². The Labute approximate surface area is 83.6 Å². The van der Waals surface area contributed by atoms with Crippen LogP contribution in [-0.4, -0.2) is 55.1 Å². The molecule has 0 saturated carbocycles. The average molecular weight is 200 g/mol. The normalized spacial score (nSPS) is 17.1. The van der Waals surface area contributed by atoms with E-state index < -0.39 is 0 Å². The summed E-state index contributed by atoms with van der Waals surface area (Å²) in [6.45, 7) is 4.15. The van der Waals surface area contributed by atoms with Crippen LogP contribution in [0.15, 0.2) is 0 Å². The lowest BCUT2D eigenvalue weighted by atomic mass is 10.4. The number of ketones is 1. The molecule has 80 valence electrons. The van der Waals surface area contributed by atoms with Crippen molar-refractivity contribution in [2.24, 2.45) is 0 Å². The number of hydrogen-bond donors (Lipinski definition) is 0. The minimum atomic E-state index is -0.341. The molecule has 0 aromatic rings. The Morgan fingerprint density at radius 3 is 2.79 bits per heavy atom. The first kappa shape index (κ1) is 11.0. The zero-order chi connectivity index (χ0) is 10.6. The molecule has 1 aliphatic rings. The fourth-order valence-electron chi connectivity index (χ4n) is 1.47. The van der Waals surface area contributed by atoms with Crippen LogP contribution in [0.2, 0.25) is 0 Å². The standard InChI is InChI=1S/C9H16N2O3/c1-3-11(9(13)14-2)7-10-5-4-8(12)6-10/h3-7H2,1-2H3. The van der Waals surface area contributed by atoms with Gasteiger partial charge in [-0.3, -0.25) is 14.6 Å². The Hall–Kier alpha value is -1.10. The predicted octanol–water partition coefficient (Wildman–Crippen LogP) is 0.307. The Morgan fingerprint density at radius 2 is 2.36 bits per heavy atom. The van der Waals surface area contributed by atoms with E-state index in [1.165, 1.54) is 7.11 Å². The van der Waals surface area contributed by atoms with Crippen LogP contribution >= 0.6 is 0 Å². The van der Waals surface area contributed by atoms with Crippen LogP contribution in [0.25, 0.3) is 0 Å². The topological polar surface area (TPSA) is 49.9 Å². The third-order valence-electron chi connectivity index (χ3n) is 2.29. The molecule has 1 rings (SSSR count). The summed E-state index contributed by atoms with van der Waals surface area (Å²) < 4.78 is 4.62. The maximum absolute atomic E-state index is 11.2. The van der Waals surface area contributed by atoms with Crippen molar-refractivity contribution in [2.75, 3.05) is 33.4 Å². The zero-order valence-electron chi connectivity index (χ0n) is 8.65. The van der Waals surface area contributed by atoms with E-state index >= 15 is 0 Å². The van der Waals surface area contributed by atoms with Gasteiger partial charge < -0.3 is 4.74 Å². The van der Waals surface area contributed by atoms with Gasteiger partial charge in [0, 0.05) is 19.5 Å². The van der Waals surface area contributed by atoms with Gasteiger partial charge in [0.25, 0.3) is 0 Å². The van der Waals surface area contributed by atoms with Crippen LogP contribution in [0.4, 0.5) is 4.79 Å². The molecule has 0 radical (unpaired) electrons. The van der Waals surface area contributed by atoms with Crippen LogP contribution in [0.3, 0.4) is 0 Å². The van der Waals surface area contributed by atoms with E-state index in [9.17, 15) is 9.59 Å². The molecule has 1 amide bonds. The molecule has 0 spiro atoms. The molecular formula is C9H16N2O3. The first-order chi connectivity index (χ1) is 6.67. The largest absolute Gasteiger partial charge is 0.453 e. The zero-order valence-corrected chi connectivity index (χ0v) is 8.65. The summed E-state index contributed by atoms with van der Waals surface area (Å²) in [7, 11) is 1.36. The average Bonchev–Trinajstić information content (AvgIpc) is 2.59. The Kier molecular flexibility index (Phi) is 3.88. The summed E-state index contributed by atoms with van der Waals surface area (Å²) in [6.07, 6.45) is 0.255. The van der Waals surface area contributed by atoms with Crippen LogP contribution < -0.4 is 0 Å². The van der Waals surface area contributed by atoms with Crippen molar-refractivity contribution >= 4 is 11.9 Å². The van der Waals surface area contributed by atoms with Crippen LogP contribution in [0, 0.1) is 0 Å². The van der Waals surface area contributed by atoms with E-state index in [1.807, 2.05) is 11.8 Å². The molecule has 0 aromatic heterocycles. The van der Waals surface area contributed by atoms with Crippen molar-refractivity contribution in [3.63, 3.8) is 0 Å². The third-order valence-corrected chi connectivity index (χ3v) is 2.29. The van der Waals surface area contributed by atoms with Crippen molar-refractivity contribution in [1.82, 2.24) is 9.80 Å². The quantitative estimate of drug-likeness (QED) is 0.657. The smallest absolute Gasteiger partial charge is 0.410 e. The second-order valence-corrected chi connectivity index (χ2v) is 3.31. The molecule has 5 heteroatoms. The number of amides is 1. The highest BCUT2D eigenvalue weighted by atomic mass is 16.5. The van der Waals surface area contributed by atoms with E-state index in [0.29, 0.717) is 26.2 Å². The first-order valence-corrected chi connectivity index (χ1v) is 4.74. The van der Waals surface area contributed by atoms with E-state index in [0.717, 1.165) is 6.54 Å². The van der Waals surface area contributed by atoms with Gasteiger partial charge in [-0.15, -0.1) is 0 Å². The highest BCUT2D eigenvalue weighted by Crippen LogP contribution is 2.05. The van der Waals surface area contributed by atoms with Gasteiger partial charge in [0.2, 0.25) is 0 Å². The third kappa shape index (κ3) is 2.70. The van der Waals surface area contributed by atoms with Gasteiger partial charge in [0.15, 0.2) is 0 Å². The summed E-state index contributed by atoms with van der Waals surface area (Å²) in [4.78, 5) is 25.7. The fraction of sp³-hybridized carbons (Fsp3) is 0.778. The number of nitrogens with zero attached hydrogens (tertiary/aromatic N) is 2. The van der Waals surface area contributed by atoms with Crippen molar-refractivity contribution in [3.8, 4) is 0 Å². The van der Waals surface area contributed by atoms with E-state index in [2.05, 4.69) is 4.74 Å². The second kappa shape index (κ2) is 4.95. The van der Waals surface area contributed by atoms with E-state index in [1.54, 1.807) is 4.90 Å². The van der Waals surface area contributed by atoms with Crippen molar-refractivity contribution in [2.45, 2.75) is 13.3 Å². The summed E-state index contributed by atoms with van der Waals surface area (Å²) in [6, 6.07) is 0. The molecule has 1 aliphatic heterocycles. The molecule has 0 aromatic carbocycles. The number of carbonyl (C=O) groups is 2. The lowest BCUT2D eigenvalue weighted by Gasteiger charge is -2.24. The Balaban J connectivity index is 2.40. The molecular weight excluding hydrogens is 184 g/mol. The highest BCUT2D eigenvalue weighted by molar-refractivity contribution is 5.82. The molecule has 5 nitrogen and oxygen atoms in total. The Morgan fingerprint density at radius 1 is 1.64 bits per heavy atom. The van der Waals surface area contributed by atoms with Gasteiger partial charge in [-0.2, -0.15) is 0 Å². The molecule has 0 atom stereocenters. The van der Waals surface area contributed by atoms with Gasteiger partial charge in [0.1, 0.15) is 5.78 Å². The summed E-state index contributed by atoms with van der Waals surface area (Å²) in [5.74, 6) is 0.242. The van der Waals surface area contributed by atoms with Crippen LogP contribution in [0.5, 0.6) is 0 Å². The number of likely N-dealkylation sites (tertiary alicyclic amines) is 1. The number of ether oxygens (including phenoxy) is 1. The van der Waals surface area contributed by atoms with Gasteiger partial charge in [-0.25, -0.2) is 4.79 Å². The summed E-state index contributed by atoms with van der Waals surface area (Å²) >= 11 is 0. The summed E-state index contributed by atoms with van der Waals surface area (Å²) in [5, 5.41) is 0. The molecule has 14 heavy (non-hydrogen) atoms. The maximum Gasteiger partial charge on any atom is 0.410 e. The van der Waals surface area contributed by atoms with Gasteiger partial charge >= 0.3 is 6.09 Å². The first-order valence-electron chi connectivity index (χ1n) is 4.74. The molecule has 1 heterocycles. The molecule has 0 N–H and O–H groups in total. The molecule has 1 saturated heterocycles. The van der Waals surface area contributed by atoms with E-state index in [-0.39, 0.29) is 11.9 Å². The predicted molar refractivity (Wildman–Crippen MR) is 50.8 cm³/mol. The number of Topliss-reactive ketones (excluding diaryl/α,β-unsaturated/α-hetero) is 1. The second-order valence-electron chi connectivity index (χ2n) is 3.31. The van der Waals surface area contributed by atoms with Gasteiger partial charge in [-0.05, 0) is 6.92 Å². The van der Waals surface area contributed by atoms with Crippen LogP contribution in [0.1, 0.15) is 13.3 Å². The summed E-state index contributed by atoms with van der Waals surface area (Å²) in [5.41, 5.74) is 0. The van der Waals surface area contributed by atoms with Gasteiger partial charge in [-0.1, -0.05) is 0 Å². The maximum atomic E-state index is 11.2. The molecule has 0 bridgehead atoms. The number of hydrogen-bond acceptors (Lipinski definition) is 4. The lowest BCUT2D eigenvalue weighted by Crippen LogP contribution is -2.40. The fourth-order valence-corrected chi connectivity index (χ4v) is 1.47. The molecule has 0 unspecified atom stereocenters. The SMILES string of the molecule is CCN(CN1CCC(=O)C1)C(=O)OC. The van der Waals surface area contributed by atoms with Gasteiger partial charge in [0.05, 0.1) is 20.3 Å². The number of carbonyl (C=O) groups excluding carboxylic acids is 2. The minimum Gasteiger partial charge on any atom is -0.453 e. The molecule has 0 aliphatic carbocycles. The highest BCUT2D eigenvalue weighted by Gasteiger charge is 2.22.